The normalized spacial score (nSPS) is 8.81. The highest BCUT2D eigenvalue weighted by atomic mass is 79.9. The molecule has 0 aliphatic rings. The maximum absolute atomic E-state index is 13.5. The van der Waals surface area contributed by atoms with Gasteiger partial charge in [-0.05, 0) is 28.1 Å². The summed E-state index contributed by atoms with van der Waals surface area (Å²) in [5, 5.41) is 19.4. The first kappa shape index (κ1) is 12.5. The second kappa shape index (κ2) is 5.50. The Bertz CT molecular complexity index is 512. The first-order valence-corrected chi connectivity index (χ1v) is 5.17. The van der Waals surface area contributed by atoms with E-state index in [1.54, 1.807) is 18.2 Å². The van der Waals surface area contributed by atoms with Crippen LogP contribution in [0, 0.1) is 28.5 Å². The van der Waals surface area contributed by atoms with Gasteiger partial charge in [-0.25, -0.2) is 4.39 Å². The van der Waals surface area contributed by atoms with Crippen LogP contribution in [0.5, 0.6) is 0 Å². The number of nitriles is 2. The number of hydrogen-bond acceptors (Lipinski definition) is 3. The molecule has 0 aliphatic heterocycles. The van der Waals surface area contributed by atoms with E-state index in [0.29, 0.717) is 4.47 Å². The molecule has 80 valence electrons. The summed E-state index contributed by atoms with van der Waals surface area (Å²) in [6, 6.07) is 6.27. The summed E-state index contributed by atoms with van der Waals surface area (Å²) >= 11 is 8.72. The van der Waals surface area contributed by atoms with Gasteiger partial charge in [-0.3, -0.25) is 0 Å². The zero-order valence-electron chi connectivity index (χ0n) is 7.76. The lowest BCUT2D eigenvalue weighted by molar-refractivity contribution is 0.631. The number of nitrogens with zero attached hydrogens (tertiary/aromatic N) is 2. The summed E-state index contributed by atoms with van der Waals surface area (Å²) in [6.45, 7) is 0. The van der Waals surface area contributed by atoms with Gasteiger partial charge in [0, 0.05) is 10.7 Å². The Balaban J connectivity index is 3.02. The minimum absolute atomic E-state index is 0.0612. The quantitative estimate of drug-likeness (QED) is 0.671. The third-order valence-corrected chi connectivity index (χ3v) is 2.91. The predicted molar refractivity (Wildman–Crippen MR) is 62.0 cm³/mol. The second-order valence-corrected chi connectivity index (χ2v) is 3.88. The molecule has 1 aromatic rings. The molecular weight excluding hydrogens is 296 g/mol. The summed E-state index contributed by atoms with van der Waals surface area (Å²) in [7, 11) is 0. The van der Waals surface area contributed by atoms with Gasteiger partial charge in [0.05, 0.1) is 10.7 Å². The van der Waals surface area contributed by atoms with E-state index in [9.17, 15) is 4.39 Å². The maximum atomic E-state index is 13.5. The van der Waals surface area contributed by atoms with Gasteiger partial charge in [-0.15, -0.1) is 0 Å². The van der Waals surface area contributed by atoms with Crippen molar-refractivity contribution in [1.29, 1.82) is 10.5 Å². The lowest BCUT2D eigenvalue weighted by atomic mass is 10.3. The molecule has 1 rings (SSSR count). The van der Waals surface area contributed by atoms with E-state index in [1.165, 1.54) is 6.07 Å². The molecule has 0 bridgehead atoms. The van der Waals surface area contributed by atoms with E-state index in [0.717, 1.165) is 6.20 Å². The minimum Gasteiger partial charge on any atom is -0.357 e. The highest BCUT2D eigenvalue weighted by molar-refractivity contribution is 9.10. The Labute approximate surface area is 105 Å². The van der Waals surface area contributed by atoms with Gasteiger partial charge >= 0.3 is 0 Å². The number of anilines is 1. The molecule has 0 aromatic heterocycles. The van der Waals surface area contributed by atoms with Crippen LogP contribution >= 0.6 is 27.5 Å². The fourth-order valence-corrected chi connectivity index (χ4v) is 1.35. The minimum atomic E-state index is -0.650. The fourth-order valence-electron chi connectivity index (χ4n) is 0.877. The summed E-state index contributed by atoms with van der Waals surface area (Å²) in [4.78, 5) is 0. The molecule has 0 radical (unpaired) electrons. The Morgan fingerprint density at radius 2 is 2.06 bits per heavy atom. The molecule has 0 fully saturated rings. The largest absolute Gasteiger partial charge is 0.357 e. The van der Waals surface area contributed by atoms with Crippen LogP contribution in [0.25, 0.3) is 0 Å². The van der Waals surface area contributed by atoms with Gasteiger partial charge < -0.3 is 5.32 Å². The SMILES string of the molecule is N#CC(C#N)=CNc1ccc(Br)c(Cl)c1F. The molecule has 0 amide bonds. The van der Waals surface area contributed by atoms with Crippen molar-refractivity contribution >= 4 is 33.2 Å². The van der Waals surface area contributed by atoms with Crippen molar-refractivity contribution in [2.45, 2.75) is 0 Å². The van der Waals surface area contributed by atoms with Crippen molar-refractivity contribution in [1.82, 2.24) is 0 Å². The molecular formula is C10H4BrClFN3. The third-order valence-electron chi connectivity index (χ3n) is 1.65. The molecule has 1 N–H and O–H groups in total. The van der Waals surface area contributed by atoms with Crippen LogP contribution in [0.2, 0.25) is 5.02 Å². The summed E-state index contributed by atoms with van der Waals surface area (Å²) in [5.41, 5.74) is -0.0605. The van der Waals surface area contributed by atoms with Gasteiger partial charge in [0.1, 0.15) is 17.7 Å². The smallest absolute Gasteiger partial charge is 0.166 e. The molecule has 0 heterocycles. The Kier molecular flexibility index (Phi) is 4.30. The summed E-state index contributed by atoms with van der Waals surface area (Å²) in [5.74, 6) is -0.650. The highest BCUT2D eigenvalue weighted by Crippen LogP contribution is 2.30. The fraction of sp³-hybridized carbons (Fsp3) is 0. The van der Waals surface area contributed by atoms with Crippen LogP contribution in [0.3, 0.4) is 0 Å². The van der Waals surface area contributed by atoms with Crippen molar-refractivity contribution in [3.05, 3.63) is 39.2 Å². The van der Waals surface area contributed by atoms with E-state index in [2.05, 4.69) is 21.2 Å². The first-order valence-electron chi connectivity index (χ1n) is 4.00. The van der Waals surface area contributed by atoms with Gasteiger partial charge in [0.25, 0.3) is 0 Å². The molecule has 16 heavy (non-hydrogen) atoms. The van der Waals surface area contributed by atoms with Crippen LogP contribution in [0.1, 0.15) is 0 Å². The monoisotopic (exact) mass is 299 g/mol. The molecule has 0 unspecified atom stereocenters. The number of nitrogens with one attached hydrogen (secondary N) is 1. The number of hydrogen-bond donors (Lipinski definition) is 1. The number of benzene rings is 1. The van der Waals surface area contributed by atoms with Crippen molar-refractivity contribution in [2.24, 2.45) is 0 Å². The van der Waals surface area contributed by atoms with Crippen molar-refractivity contribution in [3.63, 3.8) is 0 Å². The van der Waals surface area contributed by atoms with Crippen LogP contribution in [-0.2, 0) is 0 Å². The highest BCUT2D eigenvalue weighted by Gasteiger charge is 2.09. The van der Waals surface area contributed by atoms with E-state index in [1.807, 2.05) is 0 Å². The van der Waals surface area contributed by atoms with Crippen LogP contribution < -0.4 is 5.32 Å². The Morgan fingerprint density at radius 1 is 1.44 bits per heavy atom. The Morgan fingerprint density at radius 3 is 2.62 bits per heavy atom. The van der Waals surface area contributed by atoms with E-state index >= 15 is 0 Å². The summed E-state index contributed by atoms with van der Waals surface area (Å²) in [6.07, 6.45) is 1.11. The summed E-state index contributed by atoms with van der Waals surface area (Å²) < 4.78 is 13.9. The lowest BCUT2D eigenvalue weighted by Crippen LogP contribution is -1.94. The predicted octanol–water partition coefficient (Wildman–Crippen LogP) is 3.58. The van der Waals surface area contributed by atoms with Crippen molar-refractivity contribution in [2.75, 3.05) is 5.32 Å². The zero-order valence-corrected chi connectivity index (χ0v) is 10.1. The van der Waals surface area contributed by atoms with Gasteiger partial charge in [0.15, 0.2) is 5.82 Å². The van der Waals surface area contributed by atoms with Gasteiger partial charge in [0.2, 0.25) is 0 Å². The maximum Gasteiger partial charge on any atom is 0.166 e. The first-order chi connectivity index (χ1) is 7.60. The average Bonchev–Trinajstić information content (AvgIpc) is 2.30. The standard InChI is InChI=1S/C10H4BrClFN3/c11-7-1-2-8(10(13)9(7)12)16-5-6(3-14)4-15/h1-2,5,16H. The van der Waals surface area contributed by atoms with Crippen LogP contribution in [-0.4, -0.2) is 0 Å². The number of rotatable bonds is 2. The van der Waals surface area contributed by atoms with E-state index in [-0.39, 0.29) is 16.3 Å². The molecule has 0 saturated heterocycles. The van der Waals surface area contributed by atoms with E-state index < -0.39 is 5.82 Å². The molecule has 0 spiro atoms. The lowest BCUT2D eigenvalue weighted by Gasteiger charge is -2.05. The number of halogens is 3. The average molecular weight is 301 g/mol. The second-order valence-electron chi connectivity index (χ2n) is 2.65. The topological polar surface area (TPSA) is 59.6 Å². The van der Waals surface area contributed by atoms with Crippen molar-refractivity contribution in [3.8, 4) is 12.1 Å². The van der Waals surface area contributed by atoms with Crippen molar-refractivity contribution < 1.29 is 4.39 Å². The van der Waals surface area contributed by atoms with Gasteiger partial charge in [-0.1, -0.05) is 11.6 Å². The van der Waals surface area contributed by atoms with Gasteiger partial charge in [-0.2, -0.15) is 10.5 Å². The third kappa shape index (κ3) is 2.73. The van der Waals surface area contributed by atoms with Crippen LogP contribution in [0.15, 0.2) is 28.4 Å². The molecule has 6 heteroatoms. The number of allylic oxidation sites excluding steroid dienone is 1. The molecule has 0 atom stereocenters. The zero-order chi connectivity index (χ0) is 12.1. The van der Waals surface area contributed by atoms with Crippen LogP contribution in [0.4, 0.5) is 10.1 Å². The Hall–Kier alpha value is -1.56. The molecule has 3 nitrogen and oxygen atoms in total. The molecule has 1 aromatic carbocycles. The molecule has 0 aliphatic carbocycles. The van der Waals surface area contributed by atoms with E-state index in [4.69, 9.17) is 22.1 Å². The molecule has 0 saturated carbocycles.